The van der Waals surface area contributed by atoms with Gasteiger partial charge >= 0.3 is 5.69 Å². The van der Waals surface area contributed by atoms with Gasteiger partial charge in [0, 0.05) is 39.8 Å². The molecule has 3 saturated carbocycles. The van der Waals surface area contributed by atoms with E-state index in [9.17, 15) is 30.3 Å². The van der Waals surface area contributed by atoms with Gasteiger partial charge in [0.1, 0.15) is 18.2 Å². The van der Waals surface area contributed by atoms with Crippen molar-refractivity contribution in [2.24, 2.45) is 5.92 Å². The summed E-state index contributed by atoms with van der Waals surface area (Å²) in [5, 5.41) is 61.1. The van der Waals surface area contributed by atoms with Gasteiger partial charge in [-0.1, -0.05) is 142 Å². The first-order valence-electron chi connectivity index (χ1n) is 24.0. The molecule has 2 bridgehead atoms. The number of nitrogens with zero attached hydrogens (tertiary/aromatic N) is 5. The van der Waals surface area contributed by atoms with Crippen LogP contribution in [0.5, 0.6) is 0 Å². The molecular weight excluding hydrogens is 834 g/mol. The summed E-state index contributed by atoms with van der Waals surface area (Å²) in [5.74, 6) is 1.00. The Balaban J connectivity index is 0.00000930. The molecule has 1 aliphatic heterocycles. The zero-order chi connectivity index (χ0) is 41.6. The molecule has 0 radical (unpaired) electrons. The summed E-state index contributed by atoms with van der Waals surface area (Å²) >= 11 is 0. The molecule has 344 valence electrons. The summed E-state index contributed by atoms with van der Waals surface area (Å²) in [4.78, 5) is 16.4. The first-order chi connectivity index (χ1) is 28.2. The van der Waals surface area contributed by atoms with Crippen molar-refractivity contribution in [3.8, 4) is 0 Å². The Labute approximate surface area is 370 Å². The predicted octanol–water partition coefficient (Wildman–Crippen LogP) is 6.62. The molecule has 0 spiro atoms. The Morgan fingerprint density at radius 1 is 0.780 bits per heavy atom. The van der Waals surface area contributed by atoms with Crippen LogP contribution < -0.4 is 5.69 Å². The van der Waals surface area contributed by atoms with Crippen LogP contribution in [0.3, 0.4) is 0 Å². The smallest absolute Gasteiger partial charge is 0.364 e. The van der Waals surface area contributed by atoms with Crippen molar-refractivity contribution in [3.05, 3.63) is 16.9 Å². The molecule has 4 aliphatic rings. The van der Waals surface area contributed by atoms with Crippen molar-refractivity contribution in [2.75, 3.05) is 26.3 Å². The maximum atomic E-state index is 13.6. The molecule has 1 aromatic rings. The number of aryl methyl sites for hydroxylation is 1. The van der Waals surface area contributed by atoms with E-state index in [0.29, 0.717) is 18.5 Å². The molecule has 13 nitrogen and oxygen atoms in total. The van der Waals surface area contributed by atoms with E-state index in [1.165, 1.54) is 146 Å². The van der Waals surface area contributed by atoms with Gasteiger partial charge in [-0.2, -0.15) is 9.36 Å². The van der Waals surface area contributed by atoms with E-state index in [2.05, 4.69) is 29.2 Å². The van der Waals surface area contributed by atoms with Crippen molar-refractivity contribution in [1.82, 2.24) is 24.7 Å². The number of hydrogen-bond donors (Lipinski definition) is 5. The number of aromatic nitrogens is 4. The van der Waals surface area contributed by atoms with Crippen LogP contribution in [-0.2, 0) is 37.1 Å². The van der Waals surface area contributed by atoms with Gasteiger partial charge in [0.15, 0.2) is 6.29 Å². The molecule has 14 heteroatoms. The maximum absolute atomic E-state index is 13.6. The minimum absolute atomic E-state index is 0. The fraction of sp³-hybridized carbons (Fsp3) is 0.956. The van der Waals surface area contributed by atoms with E-state index in [-0.39, 0.29) is 27.7 Å². The second-order valence-corrected chi connectivity index (χ2v) is 18.2. The average Bonchev–Trinajstić information content (AvgIpc) is 3.54. The van der Waals surface area contributed by atoms with Gasteiger partial charge in [-0.05, 0) is 86.6 Å². The van der Waals surface area contributed by atoms with E-state index < -0.39 is 55.1 Å². The fourth-order valence-corrected chi connectivity index (χ4v) is 9.38. The molecule has 4 fully saturated rings. The van der Waals surface area contributed by atoms with Crippen LogP contribution in [-0.4, -0.2) is 119 Å². The van der Waals surface area contributed by atoms with Crippen LogP contribution in [0.15, 0.2) is 4.79 Å². The summed E-state index contributed by atoms with van der Waals surface area (Å²) in [6.45, 7) is 6.62. The van der Waals surface area contributed by atoms with Gasteiger partial charge in [0.05, 0.1) is 12.7 Å². The van der Waals surface area contributed by atoms with Crippen LogP contribution in [0.4, 0.5) is 0 Å². The van der Waals surface area contributed by atoms with Crippen molar-refractivity contribution in [3.63, 3.8) is 0 Å². The van der Waals surface area contributed by atoms with E-state index in [1.54, 1.807) is 0 Å². The van der Waals surface area contributed by atoms with E-state index >= 15 is 0 Å². The molecule has 1 aromatic heterocycles. The van der Waals surface area contributed by atoms with Gasteiger partial charge in [0.2, 0.25) is 0 Å². The topological polar surface area (TPSA) is 176 Å². The van der Waals surface area contributed by atoms with E-state index in [0.717, 1.165) is 55.5 Å². The van der Waals surface area contributed by atoms with Crippen LogP contribution in [0, 0.1) is 12.3 Å². The Hall–Kier alpha value is -0.762. The summed E-state index contributed by atoms with van der Waals surface area (Å²) in [7, 11) is 0. The number of rotatable bonds is 36. The summed E-state index contributed by atoms with van der Waals surface area (Å²) < 4.78 is 13.7. The zero-order valence-corrected chi connectivity index (χ0v) is 38.9. The number of aliphatic hydroxyl groups excluding tert-OH is 5. The largest absolute Gasteiger partial charge is 0.422 e. The van der Waals surface area contributed by atoms with Crippen LogP contribution >= 0.6 is 0 Å². The van der Waals surface area contributed by atoms with Gasteiger partial charge in [-0.25, -0.2) is 4.79 Å². The van der Waals surface area contributed by atoms with Crippen molar-refractivity contribution < 1.29 is 56.1 Å². The number of hydrogen-bond acceptors (Lipinski definition) is 11. The summed E-state index contributed by atoms with van der Waals surface area (Å²) in [6.07, 6.45) is 25.8. The number of unbranched alkanes of at least 4 members (excludes halogenated alkanes) is 20. The van der Waals surface area contributed by atoms with Crippen molar-refractivity contribution >= 4 is 0 Å². The van der Waals surface area contributed by atoms with E-state index in [4.69, 9.17) is 9.47 Å². The monoisotopic (exact) mass is 921 g/mol. The molecule has 3 aliphatic carbocycles. The fourth-order valence-electron chi connectivity index (χ4n) is 9.38. The summed E-state index contributed by atoms with van der Waals surface area (Å²) in [5.41, 5.74) is 0.0288. The molecule has 5 rings (SSSR count). The zero-order valence-electron chi connectivity index (χ0n) is 36.9. The van der Waals surface area contributed by atoms with Gasteiger partial charge in [-0.15, -0.1) is 0 Å². The third-order valence-electron chi connectivity index (χ3n) is 13.3. The molecule has 0 aromatic carbocycles. The predicted molar refractivity (Wildman–Crippen MR) is 227 cm³/mol. The standard InChI is InChI=1S/C45H84N5O8.Mo/c1-3-5-7-9-10-11-12-13-14-15-18-22-26-39(52)41(54)38(35-57-43-42(55)40(53)30-37(34-51)58-43)50-44(56)49(46-47-50)29-25-21-17-16-20-24-28-48(27-23-19-8-6-4-2)45-31-36(32-45)33-45;/h30,36-43,51-55H,3-29,31-35H2,1-2H3;/q-1;/t36?,37?,38-,39+,40?,41?,42?,43?,45?;/m0./s1. The SMILES string of the molecule is CCCCCCCCCCCCCC[C@@H](O)C(O)[C@H](COC1OC(CO)[CH-]C(O)C1O)n1nnn(CCCCCCCCN(CCCCCCC)C23CC(C2)C3)c1=O.[Mo]. The minimum Gasteiger partial charge on any atom is -0.422 e. The van der Waals surface area contributed by atoms with Gasteiger partial charge < -0.3 is 35.0 Å². The number of ether oxygens (including phenoxy) is 2. The van der Waals surface area contributed by atoms with Crippen molar-refractivity contribution in [2.45, 2.75) is 242 Å². The molecule has 59 heavy (non-hydrogen) atoms. The third kappa shape index (κ3) is 17.4. The molecule has 5 unspecified atom stereocenters. The Bertz CT molecular complexity index is 1260. The molecule has 5 N–H and O–H groups in total. The Kier molecular flexibility index (Phi) is 26.4. The third-order valence-corrected chi connectivity index (χ3v) is 13.3. The molecule has 1 saturated heterocycles. The van der Waals surface area contributed by atoms with Crippen LogP contribution in [0.2, 0.25) is 0 Å². The summed E-state index contributed by atoms with van der Waals surface area (Å²) in [6, 6.07) is -1.12. The molecule has 7 atom stereocenters. The first kappa shape index (κ1) is 52.6. The number of aliphatic hydroxyl groups is 5. The van der Waals surface area contributed by atoms with Gasteiger partial charge in [-0.3, -0.25) is 11.3 Å². The normalized spacial score (nSPS) is 25.3. The second-order valence-electron chi connectivity index (χ2n) is 18.2. The molecule has 2 heterocycles. The molecule has 0 amide bonds. The second kappa shape index (κ2) is 29.6. The quantitative estimate of drug-likeness (QED) is 0.0278. The van der Waals surface area contributed by atoms with E-state index in [1.807, 2.05) is 0 Å². The Morgan fingerprint density at radius 3 is 1.80 bits per heavy atom. The van der Waals surface area contributed by atoms with Gasteiger partial charge in [0.25, 0.3) is 0 Å². The average molecular weight is 919 g/mol. The maximum Gasteiger partial charge on any atom is 0.364 e. The first-order valence-corrected chi connectivity index (χ1v) is 24.0. The Morgan fingerprint density at radius 2 is 1.29 bits per heavy atom. The molecular formula is C45H84MoN5O8-. The number of tetrazole rings is 1. The van der Waals surface area contributed by atoms with Crippen LogP contribution in [0.25, 0.3) is 0 Å². The minimum atomic E-state index is -1.44. The van der Waals surface area contributed by atoms with Crippen molar-refractivity contribution in [1.29, 1.82) is 0 Å². The van der Waals surface area contributed by atoms with Crippen LogP contribution in [0.1, 0.15) is 193 Å².